The van der Waals surface area contributed by atoms with E-state index in [1.54, 1.807) is 6.07 Å². The lowest BCUT2D eigenvalue weighted by Crippen LogP contribution is -2.27. The molecule has 0 radical (unpaired) electrons. The van der Waals surface area contributed by atoms with Gasteiger partial charge in [0.25, 0.3) is 0 Å². The molecule has 0 aliphatic heterocycles. The molecule has 1 aromatic heterocycles. The molecule has 1 unspecified atom stereocenters. The van der Waals surface area contributed by atoms with Gasteiger partial charge >= 0.3 is 12.1 Å². The van der Waals surface area contributed by atoms with Gasteiger partial charge < -0.3 is 15.5 Å². The lowest BCUT2D eigenvalue weighted by Gasteiger charge is -2.10. The number of carbonyl (C=O) groups excluding carboxylic acids is 1. The van der Waals surface area contributed by atoms with Gasteiger partial charge in [-0.1, -0.05) is 18.2 Å². The molecule has 1 atom stereocenters. The van der Waals surface area contributed by atoms with Crippen LogP contribution in [0, 0.1) is 5.92 Å². The number of carbonyl (C=O) groups is 2. The minimum atomic E-state index is -4.42. The average molecular weight is 388 g/mol. The number of aromatic nitrogens is 1. The van der Waals surface area contributed by atoms with E-state index in [4.69, 9.17) is 10.2 Å². The second kappa shape index (κ2) is 8.28. The summed E-state index contributed by atoms with van der Waals surface area (Å²) in [4.78, 5) is 27.1. The number of aliphatic hydroxyl groups is 1. The molecule has 0 aliphatic carbocycles. The lowest BCUT2D eigenvalue weighted by molar-refractivity contribution is -0.141. The van der Waals surface area contributed by atoms with E-state index in [2.05, 4.69) is 10.3 Å². The molecule has 6 nitrogen and oxygen atoms in total. The number of carboxylic acids is 1. The van der Waals surface area contributed by atoms with E-state index in [1.165, 1.54) is 12.3 Å². The maximum Gasteiger partial charge on any atom is 0.416 e. The fourth-order valence-electron chi connectivity index (χ4n) is 2.16. The van der Waals surface area contributed by atoms with Gasteiger partial charge in [0.2, 0.25) is 5.91 Å². The fourth-order valence-corrected chi connectivity index (χ4v) is 3.01. The molecule has 1 amide bonds. The molecule has 140 valence electrons. The predicted molar refractivity (Wildman–Crippen MR) is 87.8 cm³/mol. The van der Waals surface area contributed by atoms with Crippen LogP contribution in [-0.2, 0) is 22.2 Å². The van der Waals surface area contributed by atoms with Gasteiger partial charge in [-0.2, -0.15) is 13.2 Å². The van der Waals surface area contributed by atoms with Crippen molar-refractivity contribution < 1.29 is 33.0 Å². The zero-order valence-electron chi connectivity index (χ0n) is 13.3. The maximum atomic E-state index is 12.7. The number of nitrogens with zero attached hydrogens (tertiary/aromatic N) is 1. The monoisotopic (exact) mass is 388 g/mol. The van der Waals surface area contributed by atoms with E-state index in [0.29, 0.717) is 10.4 Å². The molecule has 26 heavy (non-hydrogen) atoms. The summed E-state index contributed by atoms with van der Waals surface area (Å²) in [6.45, 7) is -0.624. The Hall–Kier alpha value is -2.46. The van der Waals surface area contributed by atoms with Crippen molar-refractivity contribution in [3.05, 3.63) is 46.5 Å². The van der Waals surface area contributed by atoms with Crippen LogP contribution in [0.1, 0.15) is 22.4 Å². The van der Waals surface area contributed by atoms with Crippen LogP contribution in [0.2, 0.25) is 0 Å². The summed E-state index contributed by atoms with van der Waals surface area (Å²) in [5, 5.41) is 20.4. The topological polar surface area (TPSA) is 99.5 Å². The maximum absolute atomic E-state index is 12.7. The number of hydrogen-bond donors (Lipinski definition) is 3. The quantitative estimate of drug-likeness (QED) is 0.677. The van der Waals surface area contributed by atoms with Crippen molar-refractivity contribution in [1.82, 2.24) is 4.98 Å². The van der Waals surface area contributed by atoms with Gasteiger partial charge in [0.15, 0.2) is 5.13 Å². The van der Waals surface area contributed by atoms with Gasteiger partial charge in [0.05, 0.1) is 24.5 Å². The normalized spacial score (nSPS) is 12.6. The predicted octanol–water partition coefficient (Wildman–Crippen LogP) is 2.77. The average Bonchev–Trinajstić information content (AvgIpc) is 2.98. The van der Waals surface area contributed by atoms with Crippen molar-refractivity contribution in [2.75, 3.05) is 11.9 Å². The van der Waals surface area contributed by atoms with Crippen LogP contribution < -0.4 is 5.32 Å². The standard InChI is InChI=1S/C16H15F3N2O4S/c17-16(18,19)11-3-1-2-9(4-11)5-12-7-20-15(26-12)21-14(25)10(8-22)6-13(23)24/h1-4,7,10,22H,5-6,8H2,(H,23,24)(H,20,21,25). The first kappa shape index (κ1) is 19.9. The summed E-state index contributed by atoms with van der Waals surface area (Å²) in [7, 11) is 0. The van der Waals surface area contributed by atoms with Crippen LogP contribution in [-0.4, -0.2) is 33.7 Å². The molecule has 2 aromatic rings. The molecular weight excluding hydrogens is 373 g/mol. The van der Waals surface area contributed by atoms with Gasteiger partial charge in [0.1, 0.15) is 0 Å². The van der Waals surface area contributed by atoms with Crippen molar-refractivity contribution in [3.8, 4) is 0 Å². The van der Waals surface area contributed by atoms with E-state index < -0.39 is 42.6 Å². The van der Waals surface area contributed by atoms with Crippen LogP contribution in [0.15, 0.2) is 30.5 Å². The number of carboxylic acid groups (broad SMARTS) is 1. The first-order chi connectivity index (χ1) is 12.2. The van der Waals surface area contributed by atoms with Crippen LogP contribution in [0.3, 0.4) is 0 Å². The van der Waals surface area contributed by atoms with E-state index >= 15 is 0 Å². The molecule has 0 aliphatic rings. The number of anilines is 1. The number of hydrogen-bond acceptors (Lipinski definition) is 5. The molecule has 1 aromatic carbocycles. The number of halogens is 3. The number of aliphatic hydroxyl groups excluding tert-OH is 1. The summed E-state index contributed by atoms with van der Waals surface area (Å²) in [5.74, 6) is -3.01. The third-order valence-corrected chi connectivity index (χ3v) is 4.34. The third kappa shape index (κ3) is 5.53. The Kier molecular flexibility index (Phi) is 6.32. The van der Waals surface area contributed by atoms with Gasteiger partial charge in [-0.3, -0.25) is 9.59 Å². The highest BCUT2D eigenvalue weighted by molar-refractivity contribution is 7.15. The molecule has 10 heteroatoms. The van der Waals surface area contributed by atoms with Crippen LogP contribution in [0.5, 0.6) is 0 Å². The third-order valence-electron chi connectivity index (χ3n) is 3.43. The van der Waals surface area contributed by atoms with Crippen molar-refractivity contribution >= 4 is 28.3 Å². The zero-order chi connectivity index (χ0) is 19.3. The minimum absolute atomic E-state index is 0.181. The molecule has 2 rings (SSSR count). The summed E-state index contributed by atoms with van der Waals surface area (Å²) in [6.07, 6.45) is -3.32. The Balaban J connectivity index is 2.04. The van der Waals surface area contributed by atoms with E-state index in [-0.39, 0.29) is 11.6 Å². The van der Waals surface area contributed by atoms with E-state index in [1.807, 2.05) is 0 Å². The number of benzene rings is 1. The highest BCUT2D eigenvalue weighted by Gasteiger charge is 2.30. The van der Waals surface area contributed by atoms with Crippen LogP contribution in [0.4, 0.5) is 18.3 Å². The summed E-state index contributed by atoms with van der Waals surface area (Å²) in [5.41, 5.74) is -0.298. The number of thiazole rings is 1. The molecule has 0 saturated carbocycles. The number of rotatable bonds is 7. The van der Waals surface area contributed by atoms with Gasteiger partial charge in [-0.05, 0) is 11.6 Å². The zero-order valence-corrected chi connectivity index (χ0v) is 14.1. The number of nitrogens with one attached hydrogen (secondary N) is 1. The molecule has 1 heterocycles. The second-order valence-corrected chi connectivity index (χ2v) is 6.59. The number of aliphatic carboxylic acids is 1. The summed E-state index contributed by atoms with van der Waals surface area (Å²) < 4.78 is 38.2. The first-order valence-electron chi connectivity index (χ1n) is 7.43. The number of amides is 1. The fraction of sp³-hybridized carbons (Fsp3) is 0.312. The van der Waals surface area contributed by atoms with Crippen molar-refractivity contribution in [2.45, 2.75) is 19.0 Å². The Morgan fingerprint density at radius 3 is 2.65 bits per heavy atom. The highest BCUT2D eigenvalue weighted by atomic mass is 32.1. The van der Waals surface area contributed by atoms with Crippen molar-refractivity contribution in [3.63, 3.8) is 0 Å². The Morgan fingerprint density at radius 2 is 2.04 bits per heavy atom. The molecule has 0 spiro atoms. The molecule has 0 saturated heterocycles. The number of alkyl halides is 3. The lowest BCUT2D eigenvalue weighted by atomic mass is 10.1. The van der Waals surface area contributed by atoms with Gasteiger partial charge in [-0.25, -0.2) is 4.98 Å². The van der Waals surface area contributed by atoms with Crippen LogP contribution >= 0.6 is 11.3 Å². The molecule has 0 bridgehead atoms. The Labute approximate surface area is 150 Å². The Morgan fingerprint density at radius 1 is 1.31 bits per heavy atom. The second-order valence-electron chi connectivity index (χ2n) is 5.47. The molecule has 0 fully saturated rings. The molecular formula is C16H15F3N2O4S. The van der Waals surface area contributed by atoms with Crippen LogP contribution in [0.25, 0.3) is 0 Å². The minimum Gasteiger partial charge on any atom is -0.481 e. The summed E-state index contributed by atoms with van der Waals surface area (Å²) in [6, 6.07) is 4.91. The highest BCUT2D eigenvalue weighted by Crippen LogP contribution is 2.30. The van der Waals surface area contributed by atoms with E-state index in [9.17, 15) is 22.8 Å². The van der Waals surface area contributed by atoms with E-state index in [0.717, 1.165) is 23.5 Å². The summed E-state index contributed by atoms with van der Waals surface area (Å²) >= 11 is 1.06. The Bertz CT molecular complexity index is 792. The SMILES string of the molecule is O=C(O)CC(CO)C(=O)Nc1ncc(Cc2cccc(C(F)(F)F)c2)s1. The smallest absolute Gasteiger partial charge is 0.416 e. The van der Waals surface area contributed by atoms with Crippen molar-refractivity contribution in [1.29, 1.82) is 0 Å². The largest absolute Gasteiger partial charge is 0.481 e. The first-order valence-corrected chi connectivity index (χ1v) is 8.25. The van der Waals surface area contributed by atoms with Crippen molar-refractivity contribution in [2.24, 2.45) is 5.92 Å². The van der Waals surface area contributed by atoms with Gasteiger partial charge in [0, 0.05) is 17.5 Å². The molecule has 3 N–H and O–H groups in total. The van der Waals surface area contributed by atoms with Gasteiger partial charge in [-0.15, -0.1) is 11.3 Å².